The maximum Gasteiger partial charge on any atom is 0.250 e. The van der Waals surface area contributed by atoms with Crippen LogP contribution in [0.1, 0.15) is 35.9 Å². The molecule has 2 aromatic rings. The molecule has 3 N–H and O–H groups in total. The zero-order valence-corrected chi connectivity index (χ0v) is 12.6. The van der Waals surface area contributed by atoms with Crippen molar-refractivity contribution in [3.05, 3.63) is 40.5 Å². The average Bonchev–Trinajstić information content (AvgIpc) is 2.83. The van der Waals surface area contributed by atoms with Crippen molar-refractivity contribution in [3.63, 3.8) is 0 Å². The van der Waals surface area contributed by atoms with E-state index in [1.54, 1.807) is 12.1 Å². The number of aromatic nitrogens is 2. The summed E-state index contributed by atoms with van der Waals surface area (Å²) in [6.07, 6.45) is 0.761. The molecule has 0 aliphatic carbocycles. The third kappa shape index (κ3) is 4.19. The van der Waals surface area contributed by atoms with E-state index in [0.717, 1.165) is 6.42 Å². The number of hydrogen-bond donors (Lipinski definition) is 2. The first-order valence-corrected chi connectivity index (χ1v) is 6.98. The van der Waals surface area contributed by atoms with E-state index in [0.29, 0.717) is 40.5 Å². The van der Waals surface area contributed by atoms with Crippen LogP contribution >= 0.6 is 11.6 Å². The summed E-state index contributed by atoms with van der Waals surface area (Å²) < 4.78 is 5.15. The Bertz CT molecular complexity index is 640. The van der Waals surface area contributed by atoms with Crippen molar-refractivity contribution in [2.24, 2.45) is 11.7 Å². The number of carbonyl (C=O) groups excluding carboxylic acids is 1. The standard InChI is InChI=1S/C14H17ClN4O2/c1-8(2)5-12-18-13(21-19-12)7-17-11-4-3-9(15)6-10(11)14(16)20/h3-4,6,8,17H,5,7H2,1-2H3,(H2,16,20). The summed E-state index contributed by atoms with van der Waals surface area (Å²) in [5.74, 6) is 1.04. The minimum Gasteiger partial charge on any atom is -0.375 e. The molecule has 0 spiro atoms. The fourth-order valence-electron chi connectivity index (χ4n) is 1.86. The van der Waals surface area contributed by atoms with Gasteiger partial charge in [-0.3, -0.25) is 4.79 Å². The maximum atomic E-state index is 11.4. The molecule has 0 atom stereocenters. The summed E-state index contributed by atoms with van der Waals surface area (Å²) in [5, 5.41) is 7.40. The second kappa shape index (κ2) is 6.58. The van der Waals surface area contributed by atoms with Crippen molar-refractivity contribution in [2.75, 3.05) is 5.32 Å². The van der Waals surface area contributed by atoms with Gasteiger partial charge >= 0.3 is 0 Å². The fourth-order valence-corrected chi connectivity index (χ4v) is 2.03. The van der Waals surface area contributed by atoms with Gasteiger partial charge in [0.15, 0.2) is 5.82 Å². The van der Waals surface area contributed by atoms with E-state index < -0.39 is 5.91 Å². The Labute approximate surface area is 127 Å². The van der Waals surface area contributed by atoms with Crippen molar-refractivity contribution < 1.29 is 9.32 Å². The molecule has 112 valence electrons. The molecule has 0 bridgehead atoms. The van der Waals surface area contributed by atoms with Crippen molar-refractivity contribution >= 4 is 23.2 Å². The van der Waals surface area contributed by atoms with Gasteiger partial charge in [0, 0.05) is 17.1 Å². The highest BCUT2D eigenvalue weighted by Crippen LogP contribution is 2.20. The van der Waals surface area contributed by atoms with Crippen LogP contribution in [0.3, 0.4) is 0 Å². The van der Waals surface area contributed by atoms with Crippen LogP contribution in [0.15, 0.2) is 22.7 Å². The molecule has 1 amide bonds. The Morgan fingerprint density at radius 3 is 2.90 bits per heavy atom. The van der Waals surface area contributed by atoms with E-state index in [9.17, 15) is 4.79 Å². The summed E-state index contributed by atoms with van der Waals surface area (Å²) in [6.45, 7) is 4.48. The summed E-state index contributed by atoms with van der Waals surface area (Å²) in [5.41, 5.74) is 6.23. The summed E-state index contributed by atoms with van der Waals surface area (Å²) in [6, 6.07) is 4.88. The molecular formula is C14H17ClN4O2. The van der Waals surface area contributed by atoms with Crippen LogP contribution in [0.2, 0.25) is 5.02 Å². The largest absolute Gasteiger partial charge is 0.375 e. The second-order valence-corrected chi connectivity index (χ2v) is 5.55. The van der Waals surface area contributed by atoms with Gasteiger partial charge in [-0.2, -0.15) is 4.98 Å². The molecule has 2 rings (SSSR count). The highest BCUT2D eigenvalue weighted by atomic mass is 35.5. The molecule has 1 heterocycles. The van der Waals surface area contributed by atoms with Crippen LogP contribution in [0.5, 0.6) is 0 Å². The van der Waals surface area contributed by atoms with Crippen molar-refractivity contribution in [2.45, 2.75) is 26.8 Å². The molecule has 7 heteroatoms. The van der Waals surface area contributed by atoms with Gasteiger partial charge in [-0.1, -0.05) is 30.6 Å². The molecule has 0 aliphatic rings. The average molecular weight is 309 g/mol. The number of primary amides is 1. The third-order valence-electron chi connectivity index (χ3n) is 2.78. The molecular weight excluding hydrogens is 292 g/mol. The van der Waals surface area contributed by atoms with Gasteiger partial charge < -0.3 is 15.6 Å². The second-order valence-electron chi connectivity index (χ2n) is 5.11. The molecule has 6 nitrogen and oxygen atoms in total. The Hall–Kier alpha value is -2.08. The Morgan fingerprint density at radius 1 is 1.48 bits per heavy atom. The number of hydrogen-bond acceptors (Lipinski definition) is 5. The normalized spacial score (nSPS) is 10.9. The SMILES string of the molecule is CC(C)Cc1noc(CNc2ccc(Cl)cc2C(N)=O)n1. The van der Waals surface area contributed by atoms with Gasteiger partial charge in [-0.25, -0.2) is 0 Å². The molecule has 0 saturated carbocycles. The van der Waals surface area contributed by atoms with Crippen molar-refractivity contribution in [1.82, 2.24) is 10.1 Å². The van der Waals surface area contributed by atoms with Crippen LogP contribution in [0.4, 0.5) is 5.69 Å². The number of nitrogens with one attached hydrogen (secondary N) is 1. The number of nitrogens with zero attached hydrogens (tertiary/aromatic N) is 2. The van der Waals surface area contributed by atoms with Gasteiger partial charge in [0.05, 0.1) is 12.1 Å². The molecule has 0 fully saturated rings. The van der Waals surface area contributed by atoms with E-state index in [1.807, 2.05) is 0 Å². The van der Waals surface area contributed by atoms with E-state index in [-0.39, 0.29) is 0 Å². The van der Waals surface area contributed by atoms with Gasteiger partial charge in [0.1, 0.15) is 0 Å². The quantitative estimate of drug-likeness (QED) is 0.855. The van der Waals surface area contributed by atoms with Gasteiger partial charge in [0.2, 0.25) is 5.89 Å². The van der Waals surface area contributed by atoms with Crippen LogP contribution in [0, 0.1) is 5.92 Å². The van der Waals surface area contributed by atoms with Gasteiger partial charge in [-0.15, -0.1) is 0 Å². The zero-order chi connectivity index (χ0) is 15.4. The Balaban J connectivity index is 2.06. The van der Waals surface area contributed by atoms with Crippen LogP contribution < -0.4 is 11.1 Å². The lowest BCUT2D eigenvalue weighted by Crippen LogP contribution is -2.14. The monoisotopic (exact) mass is 308 g/mol. The number of nitrogens with two attached hydrogens (primary N) is 1. The molecule has 0 radical (unpaired) electrons. The Kier molecular flexibility index (Phi) is 4.80. The molecule has 0 saturated heterocycles. The molecule has 0 aliphatic heterocycles. The smallest absolute Gasteiger partial charge is 0.250 e. The minimum atomic E-state index is -0.550. The predicted molar refractivity (Wildman–Crippen MR) is 80.1 cm³/mol. The number of benzene rings is 1. The molecule has 21 heavy (non-hydrogen) atoms. The number of anilines is 1. The zero-order valence-electron chi connectivity index (χ0n) is 11.9. The summed E-state index contributed by atoms with van der Waals surface area (Å²) in [4.78, 5) is 15.7. The minimum absolute atomic E-state index is 0.313. The first-order chi connectivity index (χ1) is 9.95. The Morgan fingerprint density at radius 2 is 2.24 bits per heavy atom. The van der Waals surface area contributed by atoms with E-state index in [4.69, 9.17) is 21.9 Å². The van der Waals surface area contributed by atoms with Crippen LogP contribution in [-0.2, 0) is 13.0 Å². The highest BCUT2D eigenvalue weighted by Gasteiger charge is 2.11. The van der Waals surface area contributed by atoms with Crippen molar-refractivity contribution in [1.29, 1.82) is 0 Å². The van der Waals surface area contributed by atoms with E-state index >= 15 is 0 Å². The molecule has 0 unspecified atom stereocenters. The predicted octanol–water partition coefficient (Wildman–Crippen LogP) is 2.63. The van der Waals surface area contributed by atoms with Crippen LogP contribution in [-0.4, -0.2) is 16.0 Å². The number of halogens is 1. The summed E-state index contributed by atoms with van der Waals surface area (Å²) >= 11 is 5.85. The third-order valence-corrected chi connectivity index (χ3v) is 3.01. The number of carbonyl (C=O) groups is 1. The molecule has 1 aromatic carbocycles. The van der Waals surface area contributed by atoms with E-state index in [1.165, 1.54) is 6.07 Å². The molecule has 1 aromatic heterocycles. The van der Waals surface area contributed by atoms with Crippen molar-refractivity contribution in [3.8, 4) is 0 Å². The lowest BCUT2D eigenvalue weighted by atomic mass is 10.1. The topological polar surface area (TPSA) is 94.0 Å². The van der Waals surface area contributed by atoms with Gasteiger partial charge in [0.25, 0.3) is 5.91 Å². The summed E-state index contributed by atoms with van der Waals surface area (Å²) in [7, 11) is 0. The lowest BCUT2D eigenvalue weighted by Gasteiger charge is -2.08. The number of rotatable bonds is 6. The first kappa shape index (κ1) is 15.3. The van der Waals surface area contributed by atoms with Gasteiger partial charge in [-0.05, 0) is 24.1 Å². The lowest BCUT2D eigenvalue weighted by molar-refractivity contribution is 0.100. The first-order valence-electron chi connectivity index (χ1n) is 6.60. The number of amides is 1. The van der Waals surface area contributed by atoms with Crippen LogP contribution in [0.25, 0.3) is 0 Å². The highest BCUT2D eigenvalue weighted by molar-refractivity contribution is 6.31. The maximum absolute atomic E-state index is 11.4. The van der Waals surface area contributed by atoms with E-state index in [2.05, 4.69) is 29.3 Å². The fraction of sp³-hybridized carbons (Fsp3) is 0.357.